The lowest BCUT2D eigenvalue weighted by atomic mass is 9.94. The van der Waals surface area contributed by atoms with Crippen LogP contribution in [0.5, 0.6) is 0 Å². The average molecular weight is 254 g/mol. The predicted molar refractivity (Wildman–Crippen MR) is 61.8 cm³/mol. The summed E-state index contributed by atoms with van der Waals surface area (Å²) in [7, 11) is -3.39. The van der Waals surface area contributed by atoms with Crippen molar-refractivity contribution in [2.75, 3.05) is 18.1 Å². The van der Waals surface area contributed by atoms with Crippen LogP contribution in [0.25, 0.3) is 0 Å². The van der Waals surface area contributed by atoms with E-state index in [2.05, 4.69) is 0 Å². The van der Waals surface area contributed by atoms with Gasteiger partial charge in [0, 0.05) is 0 Å². The van der Waals surface area contributed by atoms with Crippen LogP contribution in [0, 0.1) is 5.41 Å². The van der Waals surface area contributed by atoms with Gasteiger partial charge in [0.25, 0.3) is 0 Å². The predicted octanol–water partition coefficient (Wildman–Crippen LogP) is -0.448. The second kappa shape index (κ2) is 5.95. The Hall–Kier alpha value is -0.170. The average Bonchev–Trinajstić information content (AvgIpc) is 2.12. The van der Waals surface area contributed by atoms with Gasteiger partial charge in [-0.2, -0.15) is 0 Å². The molecule has 2 unspecified atom stereocenters. The third kappa shape index (κ3) is 7.16. The molecular weight excluding hydrogens is 232 g/mol. The van der Waals surface area contributed by atoms with Crippen LogP contribution in [-0.4, -0.2) is 54.1 Å². The summed E-state index contributed by atoms with van der Waals surface area (Å²) in [4.78, 5) is 0. The van der Waals surface area contributed by atoms with Crippen molar-refractivity contribution < 1.29 is 23.7 Å². The molecule has 0 saturated heterocycles. The molecule has 0 aliphatic rings. The van der Waals surface area contributed by atoms with Gasteiger partial charge in [-0.25, -0.2) is 8.42 Å². The molecule has 5 nitrogen and oxygen atoms in total. The highest BCUT2D eigenvalue weighted by Gasteiger charge is 2.24. The van der Waals surface area contributed by atoms with E-state index in [-0.39, 0.29) is 11.2 Å². The van der Waals surface area contributed by atoms with Crippen molar-refractivity contribution in [3.8, 4) is 0 Å². The van der Waals surface area contributed by atoms with E-state index in [0.29, 0.717) is 6.42 Å². The van der Waals surface area contributed by atoms with Gasteiger partial charge in [0.15, 0.2) is 9.84 Å². The molecule has 0 heterocycles. The summed E-state index contributed by atoms with van der Waals surface area (Å²) < 4.78 is 23.1. The summed E-state index contributed by atoms with van der Waals surface area (Å²) in [5.41, 5.74) is -0.0897. The quantitative estimate of drug-likeness (QED) is 0.597. The van der Waals surface area contributed by atoms with Crippen molar-refractivity contribution >= 4 is 9.84 Å². The molecule has 6 heteroatoms. The Kier molecular flexibility index (Phi) is 5.89. The number of rotatable bonds is 6. The van der Waals surface area contributed by atoms with E-state index in [0.717, 1.165) is 0 Å². The van der Waals surface area contributed by atoms with Crippen molar-refractivity contribution in [3.63, 3.8) is 0 Å². The van der Waals surface area contributed by atoms with E-state index in [9.17, 15) is 13.5 Å². The summed E-state index contributed by atoms with van der Waals surface area (Å²) in [6.07, 6.45) is -2.32. The Bertz CT molecular complexity index is 291. The van der Waals surface area contributed by atoms with E-state index in [1.165, 1.54) is 0 Å². The zero-order chi connectivity index (χ0) is 13.0. The summed E-state index contributed by atoms with van der Waals surface area (Å²) in [6.45, 7) is 5.15. The van der Waals surface area contributed by atoms with Crippen molar-refractivity contribution in [2.24, 2.45) is 5.41 Å². The number of aliphatic hydroxyl groups is 3. The number of hydrogen-bond acceptors (Lipinski definition) is 5. The second-order valence-electron chi connectivity index (χ2n) is 5.24. The van der Waals surface area contributed by atoms with E-state index in [4.69, 9.17) is 10.2 Å². The fourth-order valence-electron chi connectivity index (χ4n) is 1.04. The lowest BCUT2D eigenvalue weighted by Gasteiger charge is -2.19. The van der Waals surface area contributed by atoms with Crippen LogP contribution in [0.2, 0.25) is 0 Å². The smallest absolute Gasteiger partial charge is 0.152 e. The van der Waals surface area contributed by atoms with E-state index >= 15 is 0 Å². The fourth-order valence-corrected chi connectivity index (χ4v) is 2.87. The molecule has 98 valence electrons. The number of hydrogen-bond donors (Lipinski definition) is 3. The second-order valence-corrected chi connectivity index (χ2v) is 7.47. The molecule has 0 aromatic rings. The van der Waals surface area contributed by atoms with Crippen molar-refractivity contribution in [3.05, 3.63) is 0 Å². The van der Waals surface area contributed by atoms with Gasteiger partial charge in [-0.15, -0.1) is 0 Å². The minimum absolute atomic E-state index is 0.0221. The molecule has 0 bridgehead atoms. The normalized spacial score (nSPS) is 17.1. The molecule has 0 amide bonds. The molecule has 16 heavy (non-hydrogen) atoms. The highest BCUT2D eigenvalue weighted by Crippen LogP contribution is 2.19. The minimum atomic E-state index is -3.39. The zero-order valence-corrected chi connectivity index (χ0v) is 10.9. The van der Waals surface area contributed by atoms with Crippen LogP contribution in [0.1, 0.15) is 27.2 Å². The molecule has 2 atom stereocenters. The van der Waals surface area contributed by atoms with Gasteiger partial charge in [-0.05, 0) is 11.8 Å². The molecule has 0 aliphatic carbocycles. The third-order valence-electron chi connectivity index (χ3n) is 2.22. The van der Waals surface area contributed by atoms with Crippen LogP contribution >= 0.6 is 0 Å². The van der Waals surface area contributed by atoms with Crippen LogP contribution < -0.4 is 0 Å². The standard InChI is InChI=1S/C10H22O5S/c1-10(2,3)4-5-16(14,15)7-9(13)8(12)6-11/h8-9,11-13H,4-7H2,1-3H3. The van der Waals surface area contributed by atoms with Gasteiger partial charge in [-0.1, -0.05) is 20.8 Å². The lowest BCUT2D eigenvalue weighted by molar-refractivity contribution is -0.00266. The first-order valence-electron chi connectivity index (χ1n) is 5.25. The Morgan fingerprint density at radius 2 is 1.62 bits per heavy atom. The number of aliphatic hydroxyl groups excluding tert-OH is 3. The summed E-state index contributed by atoms with van der Waals surface area (Å²) in [5, 5.41) is 26.9. The molecule has 0 saturated carbocycles. The Balaban J connectivity index is 4.26. The first-order valence-corrected chi connectivity index (χ1v) is 7.07. The third-order valence-corrected chi connectivity index (χ3v) is 3.89. The van der Waals surface area contributed by atoms with Crippen molar-refractivity contribution in [2.45, 2.75) is 39.4 Å². The van der Waals surface area contributed by atoms with Crippen molar-refractivity contribution in [1.29, 1.82) is 0 Å². The largest absolute Gasteiger partial charge is 0.394 e. The fraction of sp³-hybridized carbons (Fsp3) is 1.00. The van der Waals surface area contributed by atoms with E-state index in [1.807, 2.05) is 20.8 Å². The van der Waals surface area contributed by atoms with E-state index < -0.39 is 34.4 Å². The van der Waals surface area contributed by atoms with Gasteiger partial charge in [0.1, 0.15) is 6.10 Å². The highest BCUT2D eigenvalue weighted by molar-refractivity contribution is 7.91. The maximum atomic E-state index is 11.6. The topological polar surface area (TPSA) is 94.8 Å². The molecule has 0 fully saturated rings. The van der Waals surface area contributed by atoms with Gasteiger partial charge < -0.3 is 15.3 Å². The van der Waals surface area contributed by atoms with Gasteiger partial charge in [0.05, 0.1) is 24.2 Å². The summed E-state index contributed by atoms with van der Waals surface area (Å²) >= 11 is 0. The Morgan fingerprint density at radius 1 is 1.12 bits per heavy atom. The molecule has 3 N–H and O–H groups in total. The molecule has 0 aliphatic heterocycles. The molecular formula is C10H22O5S. The first-order chi connectivity index (χ1) is 7.07. The van der Waals surface area contributed by atoms with E-state index in [1.54, 1.807) is 0 Å². The van der Waals surface area contributed by atoms with Gasteiger partial charge in [0.2, 0.25) is 0 Å². The van der Waals surface area contributed by atoms with Crippen LogP contribution in [0.4, 0.5) is 0 Å². The molecule has 0 radical (unpaired) electrons. The summed E-state index contributed by atoms with van der Waals surface area (Å²) in [5.74, 6) is -0.531. The molecule has 0 rings (SSSR count). The minimum Gasteiger partial charge on any atom is -0.394 e. The van der Waals surface area contributed by atoms with Crippen LogP contribution in [-0.2, 0) is 9.84 Å². The molecule has 0 aromatic heterocycles. The van der Waals surface area contributed by atoms with Gasteiger partial charge >= 0.3 is 0 Å². The maximum absolute atomic E-state index is 11.6. The van der Waals surface area contributed by atoms with Crippen molar-refractivity contribution in [1.82, 2.24) is 0 Å². The summed E-state index contributed by atoms with van der Waals surface area (Å²) in [6, 6.07) is 0. The maximum Gasteiger partial charge on any atom is 0.152 e. The Morgan fingerprint density at radius 3 is 2.00 bits per heavy atom. The first kappa shape index (κ1) is 15.8. The lowest BCUT2D eigenvalue weighted by Crippen LogP contribution is -2.36. The molecule has 0 aromatic carbocycles. The molecule has 0 spiro atoms. The van der Waals surface area contributed by atoms with Gasteiger partial charge in [-0.3, -0.25) is 0 Å². The highest BCUT2D eigenvalue weighted by atomic mass is 32.2. The number of sulfone groups is 1. The Labute approximate surface area is 97.0 Å². The monoisotopic (exact) mass is 254 g/mol. The zero-order valence-electron chi connectivity index (χ0n) is 10.0. The van der Waals surface area contributed by atoms with Crippen LogP contribution in [0.3, 0.4) is 0 Å². The van der Waals surface area contributed by atoms with Crippen LogP contribution in [0.15, 0.2) is 0 Å². The SMILES string of the molecule is CC(C)(C)CCS(=O)(=O)CC(O)C(O)CO.